The van der Waals surface area contributed by atoms with E-state index in [1.165, 1.54) is 17.0 Å². The summed E-state index contributed by atoms with van der Waals surface area (Å²) in [5.74, 6) is -1.78. The molecular weight excluding hydrogens is 264 g/mol. The minimum atomic E-state index is -1.22. The molecule has 106 valence electrons. The van der Waals surface area contributed by atoms with E-state index in [1.54, 1.807) is 6.07 Å². The van der Waals surface area contributed by atoms with Crippen LogP contribution in [0, 0.1) is 10.1 Å². The van der Waals surface area contributed by atoms with Crippen LogP contribution in [0.25, 0.3) is 0 Å². The molecule has 1 N–H and O–H groups in total. The third kappa shape index (κ3) is 2.34. The molecule has 0 aliphatic carbocycles. The summed E-state index contributed by atoms with van der Waals surface area (Å²) in [4.78, 5) is 34.2. The number of nitro groups is 1. The Bertz CT molecular complexity index is 609. The number of hydrogen-bond donors (Lipinski definition) is 1. The van der Waals surface area contributed by atoms with Gasteiger partial charge in [0.05, 0.1) is 10.6 Å². The fourth-order valence-electron chi connectivity index (χ4n) is 2.44. The highest BCUT2D eigenvalue weighted by atomic mass is 16.6. The zero-order valence-electron chi connectivity index (χ0n) is 11.1. The molecule has 0 unspecified atom stereocenters. The fraction of sp³-hybridized carbons (Fsp3) is 0.385. The summed E-state index contributed by atoms with van der Waals surface area (Å²) in [6.45, 7) is 4.13. The summed E-state index contributed by atoms with van der Waals surface area (Å²) >= 11 is 0. The molecule has 7 heteroatoms. The normalized spacial score (nSPS) is 15.8. The Morgan fingerprint density at radius 2 is 2.10 bits per heavy atom. The molecule has 0 saturated heterocycles. The van der Waals surface area contributed by atoms with Gasteiger partial charge in [-0.1, -0.05) is 13.8 Å². The predicted molar refractivity (Wildman–Crippen MR) is 70.7 cm³/mol. The van der Waals surface area contributed by atoms with E-state index in [-0.39, 0.29) is 11.1 Å². The highest BCUT2D eigenvalue weighted by Crippen LogP contribution is 2.42. The van der Waals surface area contributed by atoms with Gasteiger partial charge in [-0.2, -0.15) is 0 Å². The molecule has 0 radical (unpaired) electrons. The van der Waals surface area contributed by atoms with Crippen LogP contribution < -0.4 is 4.90 Å². The first-order valence-corrected chi connectivity index (χ1v) is 6.03. The number of carboxylic acids is 1. The SMILES string of the molecule is CC1(C)CN(C(=O)CC(=O)O)c2cc([N+](=O)[O-])ccc21. The van der Waals surface area contributed by atoms with Crippen LogP contribution in [0.15, 0.2) is 18.2 Å². The number of carbonyl (C=O) groups excluding carboxylic acids is 1. The van der Waals surface area contributed by atoms with Crippen LogP contribution in [-0.2, 0) is 15.0 Å². The maximum absolute atomic E-state index is 12.0. The molecular formula is C13H14N2O5. The standard InChI is InChI=1S/C13H14N2O5/c1-13(2)7-14(11(16)6-12(17)18)10-5-8(15(19)20)3-4-9(10)13/h3-5H,6-7H2,1-2H3,(H,17,18). The van der Waals surface area contributed by atoms with E-state index in [2.05, 4.69) is 0 Å². The molecule has 1 aliphatic heterocycles. The second-order valence-electron chi connectivity index (χ2n) is 5.39. The number of fused-ring (bicyclic) bond motifs is 1. The van der Waals surface area contributed by atoms with Crippen LogP contribution >= 0.6 is 0 Å². The average Bonchev–Trinajstić information content (AvgIpc) is 2.60. The first-order valence-electron chi connectivity index (χ1n) is 6.03. The first kappa shape index (κ1) is 14.0. The second-order valence-corrected chi connectivity index (χ2v) is 5.39. The summed E-state index contributed by atoms with van der Waals surface area (Å²) in [5.41, 5.74) is 0.755. The molecule has 0 bridgehead atoms. The fourth-order valence-corrected chi connectivity index (χ4v) is 2.44. The summed E-state index contributed by atoms with van der Waals surface area (Å²) in [5, 5.41) is 19.5. The van der Waals surface area contributed by atoms with Gasteiger partial charge in [-0.15, -0.1) is 0 Å². The van der Waals surface area contributed by atoms with Gasteiger partial charge in [0.1, 0.15) is 6.42 Å². The Morgan fingerprint density at radius 3 is 2.65 bits per heavy atom. The van der Waals surface area contributed by atoms with Gasteiger partial charge < -0.3 is 10.0 Å². The number of benzene rings is 1. The number of amides is 1. The van der Waals surface area contributed by atoms with Gasteiger partial charge in [-0.3, -0.25) is 19.7 Å². The smallest absolute Gasteiger partial charge is 0.312 e. The van der Waals surface area contributed by atoms with E-state index in [1.807, 2.05) is 13.8 Å². The van der Waals surface area contributed by atoms with E-state index in [4.69, 9.17) is 5.11 Å². The topological polar surface area (TPSA) is 101 Å². The van der Waals surface area contributed by atoms with Crippen LogP contribution in [0.1, 0.15) is 25.8 Å². The quantitative estimate of drug-likeness (QED) is 0.515. The highest BCUT2D eigenvalue weighted by Gasteiger charge is 2.39. The van der Waals surface area contributed by atoms with E-state index in [9.17, 15) is 19.7 Å². The lowest BCUT2D eigenvalue weighted by molar-refractivity contribution is -0.384. The summed E-state index contributed by atoms with van der Waals surface area (Å²) < 4.78 is 0. The van der Waals surface area contributed by atoms with Gasteiger partial charge in [-0.05, 0) is 11.6 Å². The van der Waals surface area contributed by atoms with Crippen molar-refractivity contribution in [2.45, 2.75) is 25.7 Å². The number of carbonyl (C=O) groups is 2. The Labute approximate surface area is 115 Å². The maximum Gasteiger partial charge on any atom is 0.312 e. The van der Waals surface area contributed by atoms with E-state index >= 15 is 0 Å². The number of carboxylic acid groups (broad SMARTS) is 1. The number of nitro benzene ring substituents is 1. The number of non-ortho nitro benzene ring substituents is 1. The highest BCUT2D eigenvalue weighted by molar-refractivity contribution is 6.04. The van der Waals surface area contributed by atoms with Crippen LogP contribution in [0.2, 0.25) is 0 Å². The lowest BCUT2D eigenvalue weighted by Crippen LogP contribution is -2.35. The van der Waals surface area contributed by atoms with Crippen LogP contribution in [-0.4, -0.2) is 28.5 Å². The van der Waals surface area contributed by atoms with E-state index in [0.717, 1.165) is 5.56 Å². The zero-order chi connectivity index (χ0) is 15.1. The van der Waals surface area contributed by atoms with Gasteiger partial charge in [0.2, 0.25) is 5.91 Å². The van der Waals surface area contributed by atoms with Gasteiger partial charge in [0.15, 0.2) is 0 Å². The molecule has 0 spiro atoms. The Morgan fingerprint density at radius 1 is 1.45 bits per heavy atom. The largest absolute Gasteiger partial charge is 0.481 e. The van der Waals surface area contributed by atoms with E-state index < -0.39 is 23.2 Å². The summed E-state index contributed by atoms with van der Waals surface area (Å²) in [6.07, 6.45) is -0.627. The van der Waals surface area contributed by atoms with Crippen LogP contribution in [0.5, 0.6) is 0 Å². The number of anilines is 1. The van der Waals surface area contributed by atoms with Crippen molar-refractivity contribution in [1.29, 1.82) is 0 Å². The van der Waals surface area contributed by atoms with Gasteiger partial charge in [0.25, 0.3) is 5.69 Å². The van der Waals surface area contributed by atoms with Crippen molar-refractivity contribution in [3.05, 3.63) is 33.9 Å². The molecule has 1 aromatic carbocycles. The second kappa shape index (κ2) is 4.59. The minimum absolute atomic E-state index is 0.116. The molecule has 1 aromatic rings. The Kier molecular flexibility index (Phi) is 3.21. The molecule has 0 saturated carbocycles. The third-order valence-electron chi connectivity index (χ3n) is 3.37. The van der Waals surface area contributed by atoms with Crippen molar-refractivity contribution in [1.82, 2.24) is 0 Å². The Hall–Kier alpha value is -2.44. The van der Waals surface area contributed by atoms with Crippen LogP contribution in [0.4, 0.5) is 11.4 Å². The van der Waals surface area contributed by atoms with Crippen molar-refractivity contribution in [2.24, 2.45) is 0 Å². The van der Waals surface area contributed by atoms with Gasteiger partial charge in [-0.25, -0.2) is 0 Å². The van der Waals surface area contributed by atoms with Crippen molar-refractivity contribution in [2.75, 3.05) is 11.4 Å². The lowest BCUT2D eigenvalue weighted by Gasteiger charge is -2.20. The minimum Gasteiger partial charge on any atom is -0.481 e. The molecule has 0 aromatic heterocycles. The number of rotatable bonds is 3. The van der Waals surface area contributed by atoms with Gasteiger partial charge in [0, 0.05) is 24.1 Å². The zero-order valence-corrected chi connectivity index (χ0v) is 11.1. The summed E-state index contributed by atoms with van der Waals surface area (Å²) in [7, 11) is 0. The predicted octanol–water partition coefficient (Wildman–Crippen LogP) is 1.69. The molecule has 1 heterocycles. The van der Waals surface area contributed by atoms with Gasteiger partial charge >= 0.3 is 5.97 Å². The summed E-state index contributed by atoms with van der Waals surface area (Å²) in [6, 6.07) is 4.34. The number of nitrogens with zero attached hydrogens (tertiary/aromatic N) is 2. The number of aliphatic carboxylic acids is 1. The van der Waals surface area contributed by atoms with Crippen LogP contribution in [0.3, 0.4) is 0 Å². The molecule has 20 heavy (non-hydrogen) atoms. The van der Waals surface area contributed by atoms with Crippen molar-refractivity contribution in [3.63, 3.8) is 0 Å². The monoisotopic (exact) mass is 278 g/mol. The first-order chi connectivity index (χ1) is 9.22. The molecule has 1 aliphatic rings. The molecule has 7 nitrogen and oxygen atoms in total. The Balaban J connectivity index is 2.46. The molecule has 0 atom stereocenters. The lowest BCUT2D eigenvalue weighted by atomic mass is 9.87. The molecule has 2 rings (SSSR count). The molecule has 1 amide bonds. The van der Waals surface area contributed by atoms with Crippen molar-refractivity contribution >= 4 is 23.3 Å². The average molecular weight is 278 g/mol. The van der Waals surface area contributed by atoms with E-state index in [0.29, 0.717) is 12.2 Å². The van der Waals surface area contributed by atoms with Crippen molar-refractivity contribution < 1.29 is 19.6 Å². The number of hydrogen-bond acceptors (Lipinski definition) is 4. The third-order valence-corrected chi connectivity index (χ3v) is 3.37. The molecule has 0 fully saturated rings. The maximum atomic E-state index is 12.0. The van der Waals surface area contributed by atoms with Crippen molar-refractivity contribution in [3.8, 4) is 0 Å².